The van der Waals surface area contributed by atoms with E-state index in [-0.39, 0.29) is 23.5 Å². The molecular weight excluding hydrogens is 569 g/mol. The quantitative estimate of drug-likeness (QED) is 0.372. The first-order valence-corrected chi connectivity index (χ1v) is 15.2. The summed E-state index contributed by atoms with van der Waals surface area (Å²) in [7, 11) is 1.66. The van der Waals surface area contributed by atoms with Gasteiger partial charge in [0.2, 0.25) is 5.91 Å². The Morgan fingerprint density at radius 1 is 1.11 bits per heavy atom. The molecule has 7 rings (SSSR count). The van der Waals surface area contributed by atoms with Gasteiger partial charge in [0, 0.05) is 31.3 Å². The van der Waals surface area contributed by atoms with Gasteiger partial charge >= 0.3 is 6.18 Å². The van der Waals surface area contributed by atoms with Crippen LogP contribution >= 0.6 is 0 Å². The number of carbonyl (C=O) groups is 1. The molecule has 2 aliphatic heterocycles. The summed E-state index contributed by atoms with van der Waals surface area (Å²) in [6.45, 7) is 1.48. The number of phenolic OH excluding ortho intramolecular Hbond substituents is 1. The average Bonchev–Trinajstić information content (AvgIpc) is 3.35. The van der Waals surface area contributed by atoms with E-state index in [4.69, 9.17) is 4.74 Å². The number of hydrogen-bond donors (Lipinski definition) is 2. The highest BCUT2D eigenvalue weighted by Crippen LogP contribution is 2.66. The Hall–Kier alpha value is -3.82. The lowest BCUT2D eigenvalue weighted by Crippen LogP contribution is -2.81. The van der Waals surface area contributed by atoms with E-state index in [0.29, 0.717) is 31.4 Å². The van der Waals surface area contributed by atoms with Gasteiger partial charge in [-0.05, 0) is 79.6 Å². The molecule has 4 aliphatic rings. The molecule has 2 aliphatic carbocycles. The molecule has 2 unspecified atom stereocenters. The number of nitrogens with zero attached hydrogens (tertiary/aromatic N) is 2. The van der Waals surface area contributed by atoms with Crippen molar-refractivity contribution < 1.29 is 32.9 Å². The van der Waals surface area contributed by atoms with Crippen molar-refractivity contribution in [2.24, 2.45) is 0 Å². The number of carbonyl (C=O) groups excluding carboxylic acids is 1. The summed E-state index contributed by atoms with van der Waals surface area (Å²) in [5.41, 5.74) is 0.431. The van der Waals surface area contributed by atoms with Crippen LogP contribution in [0.25, 0.3) is 6.08 Å². The lowest BCUT2D eigenvalue weighted by atomic mass is 9.47. The maximum absolute atomic E-state index is 13.6. The highest BCUT2D eigenvalue weighted by Gasteiger charge is 2.74. The van der Waals surface area contributed by atoms with E-state index in [9.17, 15) is 28.2 Å². The van der Waals surface area contributed by atoms with E-state index in [1.165, 1.54) is 29.8 Å². The Morgan fingerprint density at radius 3 is 2.68 bits per heavy atom. The number of phenols is 1. The summed E-state index contributed by atoms with van der Waals surface area (Å²) < 4.78 is 46.2. The highest BCUT2D eigenvalue weighted by atomic mass is 19.4. The SMILES string of the molecule is CN(C(=O)/C=C/c1cccc(C(F)(F)F)c1)C1CCC2Oc3c(O)ccc4c3[C@@]23CCN(CCc2ccccc2)[C@H](C4)[C@]13O. The molecule has 1 spiro atoms. The molecule has 2 heterocycles. The zero-order valence-electron chi connectivity index (χ0n) is 24.4. The third-order valence-electron chi connectivity index (χ3n) is 10.5. The number of halogens is 3. The number of rotatable bonds is 6. The standard InChI is InChI=1S/C35H35F3N2O4/c1-39(30(42)15-10-23-8-5-9-25(20-23)35(36,37)38)27-13-14-29-33-17-19-40(18-16-22-6-3-2-4-7-22)28(34(27,33)43)21-24-11-12-26(41)32(44-29)31(24)33/h2-12,15,20,27-29,41,43H,13-14,16-19,21H2,1H3/b15-10+/t27?,28-,29?,33-,34-/m1/s1. The van der Waals surface area contributed by atoms with Gasteiger partial charge < -0.3 is 19.8 Å². The fourth-order valence-electron chi connectivity index (χ4n) is 8.57. The van der Waals surface area contributed by atoms with Crippen LogP contribution in [0.2, 0.25) is 0 Å². The zero-order valence-corrected chi connectivity index (χ0v) is 24.4. The second-order valence-electron chi connectivity index (χ2n) is 12.6. The van der Waals surface area contributed by atoms with Gasteiger partial charge in [0.1, 0.15) is 11.7 Å². The summed E-state index contributed by atoms with van der Waals surface area (Å²) in [4.78, 5) is 17.5. The third kappa shape index (κ3) is 4.27. The van der Waals surface area contributed by atoms with Crippen LogP contribution in [0.5, 0.6) is 11.5 Å². The predicted molar refractivity (Wildman–Crippen MR) is 159 cm³/mol. The topological polar surface area (TPSA) is 73.2 Å². The maximum atomic E-state index is 13.6. The number of alkyl halides is 3. The summed E-state index contributed by atoms with van der Waals surface area (Å²) in [6, 6.07) is 17.8. The number of amides is 1. The molecule has 230 valence electrons. The van der Waals surface area contributed by atoms with Crippen molar-refractivity contribution in [3.63, 3.8) is 0 Å². The van der Waals surface area contributed by atoms with Gasteiger partial charge in [0.25, 0.3) is 0 Å². The first kappa shape index (κ1) is 28.9. The molecule has 1 amide bonds. The molecule has 1 saturated carbocycles. The van der Waals surface area contributed by atoms with Crippen LogP contribution in [-0.4, -0.2) is 69.8 Å². The minimum absolute atomic E-state index is 0.0600. The Kier molecular flexibility index (Phi) is 6.82. The number of hydrogen-bond acceptors (Lipinski definition) is 5. The van der Waals surface area contributed by atoms with Gasteiger partial charge in [0.05, 0.1) is 17.0 Å². The van der Waals surface area contributed by atoms with Crippen LogP contribution in [0.4, 0.5) is 13.2 Å². The van der Waals surface area contributed by atoms with Crippen LogP contribution in [0, 0.1) is 0 Å². The smallest absolute Gasteiger partial charge is 0.416 e. The van der Waals surface area contributed by atoms with Crippen LogP contribution in [0.15, 0.2) is 72.8 Å². The molecule has 9 heteroatoms. The van der Waals surface area contributed by atoms with E-state index in [1.54, 1.807) is 18.0 Å². The number of piperidine rings is 1. The number of benzene rings is 3. The minimum Gasteiger partial charge on any atom is -0.504 e. The van der Waals surface area contributed by atoms with Crippen molar-refractivity contribution in [2.75, 3.05) is 20.1 Å². The van der Waals surface area contributed by atoms with Gasteiger partial charge in [-0.15, -0.1) is 0 Å². The first-order chi connectivity index (χ1) is 21.0. The molecule has 6 nitrogen and oxygen atoms in total. The van der Waals surface area contributed by atoms with Gasteiger partial charge in [-0.25, -0.2) is 0 Å². The second-order valence-corrected chi connectivity index (χ2v) is 12.6. The number of aromatic hydroxyl groups is 1. The van der Waals surface area contributed by atoms with Gasteiger partial charge in [-0.1, -0.05) is 48.5 Å². The number of likely N-dealkylation sites (N-methyl/N-ethyl adjacent to an activating group) is 1. The van der Waals surface area contributed by atoms with E-state index < -0.39 is 34.7 Å². The summed E-state index contributed by atoms with van der Waals surface area (Å²) in [5.74, 6) is 0.108. The maximum Gasteiger partial charge on any atom is 0.416 e. The molecule has 3 aromatic carbocycles. The van der Waals surface area contributed by atoms with E-state index in [1.807, 2.05) is 24.3 Å². The van der Waals surface area contributed by atoms with Gasteiger partial charge in [-0.2, -0.15) is 13.2 Å². The fourth-order valence-corrected chi connectivity index (χ4v) is 8.57. The molecular formula is C35H35F3N2O4. The lowest BCUT2D eigenvalue weighted by molar-refractivity contribution is -0.216. The summed E-state index contributed by atoms with van der Waals surface area (Å²) in [5, 5.41) is 24.0. The van der Waals surface area contributed by atoms with Crippen molar-refractivity contribution in [2.45, 2.75) is 67.5 Å². The number of aliphatic hydroxyl groups is 1. The van der Waals surface area contributed by atoms with Crippen LogP contribution < -0.4 is 4.74 Å². The molecule has 2 bridgehead atoms. The molecule has 2 fully saturated rings. The number of likely N-dealkylation sites (tertiary alicyclic amines) is 1. The van der Waals surface area contributed by atoms with Crippen molar-refractivity contribution in [3.8, 4) is 11.5 Å². The molecule has 3 aromatic rings. The monoisotopic (exact) mass is 604 g/mol. The lowest BCUT2D eigenvalue weighted by Gasteiger charge is -2.66. The Balaban J connectivity index is 1.24. The first-order valence-electron chi connectivity index (χ1n) is 15.2. The molecule has 2 N–H and O–H groups in total. The molecule has 5 atom stereocenters. The summed E-state index contributed by atoms with van der Waals surface area (Å²) in [6.07, 6.45) is 0.893. The van der Waals surface area contributed by atoms with Crippen LogP contribution in [0.3, 0.4) is 0 Å². The van der Waals surface area contributed by atoms with E-state index >= 15 is 0 Å². The third-order valence-corrected chi connectivity index (χ3v) is 10.5. The predicted octanol–water partition coefficient (Wildman–Crippen LogP) is 5.35. The zero-order chi connectivity index (χ0) is 30.9. The average molecular weight is 605 g/mol. The molecule has 0 aromatic heterocycles. The summed E-state index contributed by atoms with van der Waals surface area (Å²) >= 11 is 0. The molecule has 0 radical (unpaired) electrons. The normalized spacial score (nSPS) is 28.9. The van der Waals surface area contributed by atoms with Crippen LogP contribution in [0.1, 0.15) is 47.1 Å². The van der Waals surface area contributed by atoms with Crippen LogP contribution in [-0.2, 0) is 29.2 Å². The van der Waals surface area contributed by atoms with Gasteiger partial charge in [0.15, 0.2) is 11.5 Å². The molecule has 1 saturated heterocycles. The Bertz CT molecular complexity index is 1630. The molecule has 44 heavy (non-hydrogen) atoms. The minimum atomic E-state index is -4.48. The largest absolute Gasteiger partial charge is 0.504 e. The fraction of sp³-hybridized carbons (Fsp3) is 0.400. The van der Waals surface area contributed by atoms with Crippen molar-refractivity contribution in [3.05, 3.63) is 101 Å². The van der Waals surface area contributed by atoms with E-state index in [0.717, 1.165) is 42.8 Å². The highest BCUT2D eigenvalue weighted by molar-refractivity contribution is 5.92. The van der Waals surface area contributed by atoms with E-state index in [2.05, 4.69) is 17.0 Å². The Labute approximate surface area is 254 Å². The second kappa shape index (κ2) is 10.4. The van der Waals surface area contributed by atoms with Gasteiger partial charge in [-0.3, -0.25) is 9.69 Å². The number of ether oxygens (including phenoxy) is 1. The Morgan fingerprint density at radius 2 is 1.91 bits per heavy atom. The van der Waals surface area contributed by atoms with Crippen molar-refractivity contribution >= 4 is 12.0 Å². The van der Waals surface area contributed by atoms with Crippen molar-refractivity contribution in [1.29, 1.82) is 0 Å². The van der Waals surface area contributed by atoms with Crippen molar-refractivity contribution in [1.82, 2.24) is 9.80 Å².